The second kappa shape index (κ2) is 6.83. The third-order valence-electron chi connectivity index (χ3n) is 3.75. The van der Waals surface area contributed by atoms with Crippen LogP contribution >= 0.6 is 0 Å². The summed E-state index contributed by atoms with van der Waals surface area (Å²) in [5.74, 6) is -2.60. The third-order valence-corrected chi connectivity index (χ3v) is 3.75. The predicted molar refractivity (Wildman–Crippen MR) is 80.1 cm³/mol. The van der Waals surface area contributed by atoms with Crippen LogP contribution in [0, 0.1) is 0 Å². The lowest BCUT2D eigenvalue weighted by molar-refractivity contribution is -0.139. The third kappa shape index (κ3) is 3.90. The van der Waals surface area contributed by atoms with Crippen LogP contribution < -0.4 is 5.73 Å². The molecule has 0 aliphatic rings. The summed E-state index contributed by atoms with van der Waals surface area (Å²) in [6, 6.07) is 13.0. The van der Waals surface area contributed by atoms with Crippen LogP contribution in [-0.2, 0) is 11.0 Å². The number of rotatable bonds is 5. The Labute approximate surface area is 131 Å². The van der Waals surface area contributed by atoms with E-state index in [0.717, 1.165) is 12.1 Å². The van der Waals surface area contributed by atoms with Crippen molar-refractivity contribution < 1.29 is 23.1 Å². The van der Waals surface area contributed by atoms with Crippen molar-refractivity contribution in [3.8, 4) is 0 Å². The topological polar surface area (TPSA) is 63.3 Å². The van der Waals surface area contributed by atoms with Crippen LogP contribution in [0.4, 0.5) is 13.2 Å². The lowest BCUT2D eigenvalue weighted by atomic mass is 9.81. The number of hydrogen-bond acceptors (Lipinski definition) is 2. The van der Waals surface area contributed by atoms with Gasteiger partial charge in [-0.3, -0.25) is 4.79 Å². The summed E-state index contributed by atoms with van der Waals surface area (Å²) in [5, 5.41) is 9.54. The summed E-state index contributed by atoms with van der Waals surface area (Å²) >= 11 is 0. The molecule has 3 N–H and O–H groups in total. The van der Waals surface area contributed by atoms with Crippen molar-refractivity contribution in [2.24, 2.45) is 5.73 Å². The molecule has 2 aromatic rings. The summed E-state index contributed by atoms with van der Waals surface area (Å²) in [6.07, 6.45) is -4.43. The van der Waals surface area contributed by atoms with E-state index in [9.17, 15) is 23.1 Å². The second-order valence-electron chi connectivity index (χ2n) is 5.19. The van der Waals surface area contributed by atoms with Gasteiger partial charge in [-0.1, -0.05) is 42.5 Å². The van der Waals surface area contributed by atoms with Crippen molar-refractivity contribution in [3.63, 3.8) is 0 Å². The standard InChI is InChI=1S/C17H16F3NO2/c18-17(19,20)13-8-6-11(7-9-13)14(10-21)15(16(22)23)12-4-2-1-3-5-12/h1-9,14-15H,10,21H2,(H,22,23). The molecule has 0 radical (unpaired) electrons. The molecule has 2 aromatic carbocycles. The summed E-state index contributed by atoms with van der Waals surface area (Å²) < 4.78 is 37.9. The van der Waals surface area contributed by atoms with Crippen molar-refractivity contribution in [3.05, 3.63) is 71.3 Å². The molecule has 0 heterocycles. The second-order valence-corrected chi connectivity index (χ2v) is 5.19. The zero-order valence-corrected chi connectivity index (χ0v) is 12.1. The molecule has 2 atom stereocenters. The van der Waals surface area contributed by atoms with Gasteiger partial charge >= 0.3 is 12.1 Å². The predicted octanol–water partition coefficient (Wildman–Crippen LogP) is 3.62. The van der Waals surface area contributed by atoms with Gasteiger partial charge in [-0.15, -0.1) is 0 Å². The Kier molecular flexibility index (Phi) is 5.05. The maximum Gasteiger partial charge on any atom is 0.416 e. The number of carboxylic acid groups (broad SMARTS) is 1. The van der Waals surface area contributed by atoms with E-state index in [1.165, 1.54) is 12.1 Å². The SMILES string of the molecule is NCC(c1ccc(C(F)(F)F)cc1)C(C(=O)O)c1ccccc1. The first kappa shape index (κ1) is 17.0. The van der Waals surface area contributed by atoms with Crippen LogP contribution in [0.15, 0.2) is 54.6 Å². The number of nitrogens with two attached hydrogens (primary N) is 1. The first-order chi connectivity index (χ1) is 10.8. The Morgan fingerprint density at radius 1 is 1.00 bits per heavy atom. The first-order valence-corrected chi connectivity index (χ1v) is 6.99. The maximum absolute atomic E-state index is 12.6. The summed E-state index contributed by atoms with van der Waals surface area (Å²) in [6.45, 7) is 0.0111. The van der Waals surface area contributed by atoms with Gasteiger partial charge in [0.05, 0.1) is 11.5 Å². The van der Waals surface area contributed by atoms with E-state index in [-0.39, 0.29) is 6.54 Å². The van der Waals surface area contributed by atoms with Crippen molar-refractivity contribution in [2.75, 3.05) is 6.54 Å². The Morgan fingerprint density at radius 2 is 1.57 bits per heavy atom. The molecule has 0 aliphatic heterocycles. The summed E-state index contributed by atoms with van der Waals surface area (Å²) in [5.41, 5.74) is 5.98. The molecule has 3 nitrogen and oxygen atoms in total. The van der Waals surface area contributed by atoms with E-state index in [1.807, 2.05) is 0 Å². The van der Waals surface area contributed by atoms with Crippen molar-refractivity contribution in [2.45, 2.75) is 18.0 Å². The van der Waals surface area contributed by atoms with E-state index < -0.39 is 29.5 Å². The van der Waals surface area contributed by atoms with E-state index >= 15 is 0 Å². The smallest absolute Gasteiger partial charge is 0.416 e. The molecule has 2 rings (SSSR count). The summed E-state index contributed by atoms with van der Waals surface area (Å²) in [4.78, 5) is 11.7. The molecule has 23 heavy (non-hydrogen) atoms. The number of carbonyl (C=O) groups is 1. The lowest BCUT2D eigenvalue weighted by Gasteiger charge is -2.24. The van der Waals surface area contributed by atoms with Gasteiger partial charge in [0.1, 0.15) is 0 Å². The minimum Gasteiger partial charge on any atom is -0.481 e. The fraction of sp³-hybridized carbons (Fsp3) is 0.235. The van der Waals surface area contributed by atoms with Crippen molar-refractivity contribution >= 4 is 5.97 Å². The zero-order chi connectivity index (χ0) is 17.0. The number of halogens is 3. The van der Waals surface area contributed by atoms with E-state index in [4.69, 9.17) is 5.73 Å². The number of carboxylic acids is 1. The van der Waals surface area contributed by atoms with Crippen LogP contribution in [0.2, 0.25) is 0 Å². The quantitative estimate of drug-likeness (QED) is 0.883. The van der Waals surface area contributed by atoms with Gasteiger partial charge in [-0.2, -0.15) is 13.2 Å². The molecule has 0 bridgehead atoms. The van der Waals surface area contributed by atoms with E-state index in [0.29, 0.717) is 11.1 Å². The zero-order valence-electron chi connectivity index (χ0n) is 12.1. The van der Waals surface area contributed by atoms with Crippen LogP contribution in [-0.4, -0.2) is 17.6 Å². The highest BCUT2D eigenvalue weighted by Crippen LogP contribution is 2.35. The first-order valence-electron chi connectivity index (χ1n) is 6.99. The Bertz CT molecular complexity index is 654. The largest absolute Gasteiger partial charge is 0.481 e. The molecule has 6 heteroatoms. The normalized spacial score (nSPS) is 14.3. The van der Waals surface area contributed by atoms with Crippen LogP contribution in [0.25, 0.3) is 0 Å². The Hall–Kier alpha value is -2.34. The van der Waals surface area contributed by atoms with Crippen LogP contribution in [0.1, 0.15) is 28.5 Å². The molecule has 0 saturated heterocycles. The van der Waals surface area contributed by atoms with Crippen molar-refractivity contribution in [1.82, 2.24) is 0 Å². The van der Waals surface area contributed by atoms with Gasteiger partial charge in [-0.25, -0.2) is 0 Å². The van der Waals surface area contributed by atoms with Crippen molar-refractivity contribution in [1.29, 1.82) is 0 Å². The molecule has 0 aliphatic carbocycles. The van der Waals surface area contributed by atoms with Gasteiger partial charge in [0.25, 0.3) is 0 Å². The summed E-state index contributed by atoms with van der Waals surface area (Å²) in [7, 11) is 0. The lowest BCUT2D eigenvalue weighted by Crippen LogP contribution is -2.26. The minimum atomic E-state index is -4.43. The fourth-order valence-corrected chi connectivity index (χ4v) is 2.59. The van der Waals surface area contributed by atoms with Gasteiger partial charge in [0.15, 0.2) is 0 Å². The molecule has 2 unspecified atom stereocenters. The van der Waals surface area contributed by atoms with E-state index in [2.05, 4.69) is 0 Å². The highest BCUT2D eigenvalue weighted by molar-refractivity contribution is 5.77. The fourth-order valence-electron chi connectivity index (χ4n) is 2.59. The van der Waals surface area contributed by atoms with E-state index in [1.54, 1.807) is 30.3 Å². The monoisotopic (exact) mass is 323 g/mol. The highest BCUT2D eigenvalue weighted by atomic mass is 19.4. The molecular formula is C17H16F3NO2. The molecule has 0 spiro atoms. The van der Waals surface area contributed by atoms with Gasteiger partial charge in [-0.05, 0) is 23.3 Å². The van der Waals surface area contributed by atoms with Gasteiger partial charge < -0.3 is 10.8 Å². The Balaban J connectivity index is 2.39. The van der Waals surface area contributed by atoms with Crippen LogP contribution in [0.5, 0.6) is 0 Å². The molecule has 0 amide bonds. The molecule has 0 saturated carbocycles. The van der Waals surface area contributed by atoms with Gasteiger partial charge in [0.2, 0.25) is 0 Å². The molecular weight excluding hydrogens is 307 g/mol. The Morgan fingerprint density at radius 3 is 2.00 bits per heavy atom. The molecule has 0 fully saturated rings. The average molecular weight is 323 g/mol. The average Bonchev–Trinajstić information content (AvgIpc) is 2.52. The minimum absolute atomic E-state index is 0.0111. The maximum atomic E-state index is 12.6. The number of hydrogen-bond donors (Lipinski definition) is 2. The number of alkyl halides is 3. The number of benzene rings is 2. The van der Waals surface area contributed by atoms with Gasteiger partial charge in [0, 0.05) is 12.5 Å². The molecule has 122 valence electrons. The molecule has 0 aromatic heterocycles. The number of aliphatic carboxylic acids is 1. The van der Waals surface area contributed by atoms with Crippen LogP contribution in [0.3, 0.4) is 0 Å². The highest BCUT2D eigenvalue weighted by Gasteiger charge is 2.32.